The van der Waals surface area contributed by atoms with Crippen LogP contribution in [0.1, 0.15) is 33.6 Å². The van der Waals surface area contributed by atoms with Gasteiger partial charge in [0.05, 0.1) is 45.7 Å². The van der Waals surface area contributed by atoms with Crippen LogP contribution in [0.5, 0.6) is 5.75 Å². The topological polar surface area (TPSA) is 143 Å². The van der Waals surface area contributed by atoms with Crippen molar-refractivity contribution < 1.29 is 18.8 Å². The van der Waals surface area contributed by atoms with Gasteiger partial charge in [-0.3, -0.25) is 9.67 Å². The molecular formula is C44H50BrN10O4P. The Hall–Kier alpha value is -5.66. The number of hydrogen-bond acceptors (Lipinski definition) is 12. The molecule has 1 saturated carbocycles. The minimum absolute atomic E-state index is 0.122. The number of benzene rings is 2. The number of hydrogen-bond donors (Lipinski definition) is 2. The monoisotopic (exact) mass is 892 g/mol. The lowest BCUT2D eigenvalue weighted by atomic mass is 10.0. The van der Waals surface area contributed by atoms with Gasteiger partial charge in [-0.15, -0.1) is 0 Å². The van der Waals surface area contributed by atoms with Crippen LogP contribution in [0.4, 0.5) is 33.6 Å². The molecule has 2 aromatic carbocycles. The average Bonchev–Trinajstić information content (AvgIpc) is 3.94. The van der Waals surface area contributed by atoms with Gasteiger partial charge in [-0.2, -0.15) is 10.1 Å². The van der Waals surface area contributed by atoms with Crippen molar-refractivity contribution in [2.24, 2.45) is 7.05 Å². The maximum absolute atomic E-state index is 13.6. The molecule has 2 fully saturated rings. The molecule has 8 rings (SSSR count). The SMILES string of the molecule is Cn1cc(-c2cc(Nc3ncc(Br)c(Nc4cnc(-c5ccccc5)cc4P(C)(C)=O)n3)c(OC3CC3)cc2N2C=CC(N3CCN(C(=O)OC(C)(C)C)CC3)=CC2)cn1. The summed E-state index contributed by atoms with van der Waals surface area (Å²) in [5, 5.41) is 12.0. The van der Waals surface area contributed by atoms with E-state index in [0.717, 1.165) is 59.7 Å². The highest BCUT2D eigenvalue weighted by molar-refractivity contribution is 9.10. The summed E-state index contributed by atoms with van der Waals surface area (Å²) in [6.45, 7) is 12.5. The van der Waals surface area contributed by atoms with Gasteiger partial charge < -0.3 is 39.4 Å². The van der Waals surface area contributed by atoms with Crippen molar-refractivity contribution in [3.05, 3.63) is 102 Å². The first-order valence-corrected chi connectivity index (χ1v) is 23.5. The third-order valence-corrected chi connectivity index (χ3v) is 12.3. The number of nitrogens with one attached hydrogen (secondary N) is 2. The van der Waals surface area contributed by atoms with Gasteiger partial charge in [0.15, 0.2) is 0 Å². The zero-order chi connectivity index (χ0) is 42.2. The summed E-state index contributed by atoms with van der Waals surface area (Å²) >= 11 is 3.62. The molecule has 0 unspecified atom stereocenters. The van der Waals surface area contributed by atoms with Crippen LogP contribution in [0.3, 0.4) is 0 Å². The first-order chi connectivity index (χ1) is 28.7. The number of carbonyl (C=O) groups excluding carboxylic acids is 1. The van der Waals surface area contributed by atoms with E-state index < -0.39 is 12.7 Å². The zero-order valence-electron chi connectivity index (χ0n) is 34.7. The number of anilines is 5. The normalized spacial score (nSPS) is 15.8. The Kier molecular flexibility index (Phi) is 11.5. The number of piperazine rings is 1. The van der Waals surface area contributed by atoms with Gasteiger partial charge in [-0.25, -0.2) is 9.78 Å². The van der Waals surface area contributed by atoms with Gasteiger partial charge in [0.1, 0.15) is 24.3 Å². The number of rotatable bonds is 11. The lowest BCUT2D eigenvalue weighted by molar-refractivity contribution is 0.0171. The van der Waals surface area contributed by atoms with E-state index in [4.69, 9.17) is 19.4 Å². The van der Waals surface area contributed by atoms with Crippen LogP contribution in [-0.2, 0) is 16.3 Å². The van der Waals surface area contributed by atoms with Gasteiger partial charge in [-0.05, 0) is 87.2 Å². The smallest absolute Gasteiger partial charge is 0.410 e. The molecule has 1 amide bonds. The average molecular weight is 894 g/mol. The van der Waals surface area contributed by atoms with Crippen molar-refractivity contribution in [1.82, 2.24) is 34.5 Å². The van der Waals surface area contributed by atoms with Crippen LogP contribution in [0.2, 0.25) is 0 Å². The second kappa shape index (κ2) is 16.8. The van der Waals surface area contributed by atoms with E-state index in [1.165, 1.54) is 0 Å². The summed E-state index contributed by atoms with van der Waals surface area (Å²) in [4.78, 5) is 33.2. The van der Waals surface area contributed by atoms with E-state index >= 15 is 0 Å². The summed E-state index contributed by atoms with van der Waals surface area (Å²) < 4.78 is 28.2. The Balaban J connectivity index is 1.06. The predicted molar refractivity (Wildman–Crippen MR) is 241 cm³/mol. The fourth-order valence-corrected chi connectivity index (χ4v) is 8.47. The molecule has 3 aliphatic rings. The summed E-state index contributed by atoms with van der Waals surface area (Å²) in [6, 6.07) is 15.9. The van der Waals surface area contributed by atoms with E-state index in [1.54, 1.807) is 35.3 Å². The molecule has 1 saturated heterocycles. The van der Waals surface area contributed by atoms with Crippen LogP contribution in [0.25, 0.3) is 22.4 Å². The molecule has 0 radical (unpaired) electrons. The Labute approximate surface area is 359 Å². The number of aryl methyl sites for hydroxylation is 1. The number of pyridine rings is 1. The molecule has 0 atom stereocenters. The summed E-state index contributed by atoms with van der Waals surface area (Å²) in [5.41, 5.74) is 6.45. The summed E-state index contributed by atoms with van der Waals surface area (Å²) in [6.07, 6.45) is 15.5. The first kappa shape index (κ1) is 41.1. The van der Waals surface area contributed by atoms with Crippen LogP contribution >= 0.6 is 23.1 Å². The third kappa shape index (κ3) is 9.69. The maximum atomic E-state index is 13.6. The number of aromatic nitrogens is 5. The van der Waals surface area contributed by atoms with Gasteiger partial charge in [0.25, 0.3) is 0 Å². The highest BCUT2D eigenvalue weighted by atomic mass is 79.9. The van der Waals surface area contributed by atoms with E-state index in [0.29, 0.717) is 58.3 Å². The Morgan fingerprint density at radius 3 is 2.35 bits per heavy atom. The van der Waals surface area contributed by atoms with E-state index in [1.807, 2.05) is 76.6 Å². The molecule has 2 N–H and O–H groups in total. The van der Waals surface area contributed by atoms with Crippen molar-refractivity contribution >= 4 is 63.3 Å². The standard InChI is InChI=1S/C44H50BrN10O4P/c1-44(2,3)59-43(56)55-20-18-53(19-21-55)31-14-16-54(17-15-31)38-24-39(58-32-12-13-32)36(22-33(38)30-25-48-52(4)28-30)50-42-47-26-34(45)41(51-42)49-37-27-46-35(23-40(37)60(5,6)57)29-10-8-7-9-11-29/h7-11,14-16,22-28,32H,12-13,17-21H2,1-6H3,(H2,47,49,50,51). The molecular weight excluding hydrogens is 843 g/mol. The van der Waals surface area contributed by atoms with Crippen LogP contribution in [0, 0.1) is 0 Å². The zero-order valence-corrected chi connectivity index (χ0v) is 37.2. The number of nitrogens with zero attached hydrogens (tertiary/aromatic N) is 8. The van der Waals surface area contributed by atoms with Crippen molar-refractivity contribution in [3.8, 4) is 28.1 Å². The van der Waals surface area contributed by atoms with Crippen molar-refractivity contribution in [1.29, 1.82) is 0 Å². The molecule has 3 aromatic heterocycles. The summed E-state index contributed by atoms with van der Waals surface area (Å²) in [5.74, 6) is 1.51. The lowest BCUT2D eigenvalue weighted by Crippen LogP contribution is -2.49. The fraction of sp³-hybridized carbons (Fsp3) is 0.341. The van der Waals surface area contributed by atoms with Crippen molar-refractivity contribution in [2.75, 3.05) is 61.6 Å². The predicted octanol–water partition coefficient (Wildman–Crippen LogP) is 8.75. The quantitative estimate of drug-likeness (QED) is 0.123. The van der Waals surface area contributed by atoms with Crippen molar-refractivity contribution in [2.45, 2.75) is 45.3 Å². The van der Waals surface area contributed by atoms with Gasteiger partial charge >= 0.3 is 6.09 Å². The molecule has 14 nitrogen and oxygen atoms in total. The molecule has 2 aliphatic heterocycles. The third-order valence-electron chi connectivity index (χ3n) is 10.2. The summed E-state index contributed by atoms with van der Waals surface area (Å²) in [7, 11) is -0.836. The van der Waals surface area contributed by atoms with E-state index in [2.05, 4.69) is 76.9 Å². The second-order valence-corrected chi connectivity index (χ2v) is 20.6. The fourth-order valence-electron chi connectivity index (χ4n) is 7.05. The lowest BCUT2D eigenvalue weighted by Gasteiger charge is -2.38. The maximum Gasteiger partial charge on any atom is 0.410 e. The van der Waals surface area contributed by atoms with E-state index in [9.17, 15) is 9.36 Å². The number of amides is 1. The minimum atomic E-state index is -2.74. The molecule has 5 heterocycles. The number of allylic oxidation sites excluding steroid dienone is 1. The molecule has 16 heteroatoms. The molecule has 0 bridgehead atoms. The second-order valence-electron chi connectivity index (χ2n) is 16.6. The van der Waals surface area contributed by atoms with Gasteiger partial charge in [0, 0.05) is 92.1 Å². The van der Waals surface area contributed by atoms with E-state index in [-0.39, 0.29) is 12.2 Å². The van der Waals surface area contributed by atoms with Crippen LogP contribution in [0.15, 0.2) is 102 Å². The highest BCUT2D eigenvalue weighted by Crippen LogP contribution is 2.44. The highest BCUT2D eigenvalue weighted by Gasteiger charge is 2.29. The largest absolute Gasteiger partial charge is 0.488 e. The van der Waals surface area contributed by atoms with Crippen LogP contribution < -0.4 is 25.6 Å². The molecule has 312 valence electrons. The molecule has 60 heavy (non-hydrogen) atoms. The Morgan fingerprint density at radius 1 is 0.933 bits per heavy atom. The number of halogens is 1. The van der Waals surface area contributed by atoms with Crippen LogP contribution in [-0.4, -0.2) is 98.4 Å². The Bertz CT molecular complexity index is 2500. The first-order valence-electron chi connectivity index (χ1n) is 20.1. The number of ether oxygens (including phenoxy) is 2. The van der Waals surface area contributed by atoms with Gasteiger partial charge in [0.2, 0.25) is 5.95 Å². The minimum Gasteiger partial charge on any atom is -0.488 e. The molecule has 5 aromatic rings. The van der Waals surface area contributed by atoms with Gasteiger partial charge in [-0.1, -0.05) is 30.3 Å². The molecule has 1 aliphatic carbocycles. The molecule has 0 spiro atoms. The van der Waals surface area contributed by atoms with Crippen molar-refractivity contribution in [3.63, 3.8) is 0 Å². The number of carbonyl (C=O) groups is 1. The Morgan fingerprint density at radius 2 is 1.70 bits per heavy atom.